The SMILES string of the molecule is CCOC(c1ncc(CNC(C)C)cn1)C1CCCCC1. The third-order valence-electron chi connectivity index (χ3n) is 4.12. The summed E-state index contributed by atoms with van der Waals surface area (Å²) in [6.07, 6.45) is 10.4. The molecule has 4 nitrogen and oxygen atoms in total. The van der Waals surface area contributed by atoms with Crippen LogP contribution in [0.5, 0.6) is 0 Å². The van der Waals surface area contributed by atoms with Crippen molar-refractivity contribution in [2.45, 2.75) is 71.6 Å². The Morgan fingerprint density at radius 3 is 2.43 bits per heavy atom. The minimum absolute atomic E-state index is 0.0717. The van der Waals surface area contributed by atoms with Gasteiger partial charge in [-0.2, -0.15) is 0 Å². The molecule has 21 heavy (non-hydrogen) atoms. The summed E-state index contributed by atoms with van der Waals surface area (Å²) in [4.78, 5) is 9.15. The second kappa shape index (κ2) is 8.44. The predicted octanol–water partition coefficient (Wildman–Crippen LogP) is 3.63. The molecule has 1 N–H and O–H groups in total. The molecule has 118 valence electrons. The number of hydrogen-bond acceptors (Lipinski definition) is 4. The fourth-order valence-electron chi connectivity index (χ4n) is 2.96. The molecule has 1 aromatic rings. The Morgan fingerprint density at radius 2 is 1.86 bits per heavy atom. The first-order chi connectivity index (χ1) is 10.2. The lowest BCUT2D eigenvalue weighted by atomic mass is 9.85. The van der Waals surface area contributed by atoms with Gasteiger partial charge in [0.1, 0.15) is 6.10 Å². The number of nitrogens with zero attached hydrogens (tertiary/aromatic N) is 2. The monoisotopic (exact) mass is 291 g/mol. The second-order valence-electron chi connectivity index (χ2n) is 6.26. The number of hydrogen-bond donors (Lipinski definition) is 1. The maximum Gasteiger partial charge on any atom is 0.157 e. The fourth-order valence-corrected chi connectivity index (χ4v) is 2.96. The molecule has 1 aromatic heterocycles. The van der Waals surface area contributed by atoms with E-state index in [4.69, 9.17) is 4.74 Å². The van der Waals surface area contributed by atoms with Crippen molar-refractivity contribution in [3.8, 4) is 0 Å². The summed E-state index contributed by atoms with van der Waals surface area (Å²) >= 11 is 0. The summed E-state index contributed by atoms with van der Waals surface area (Å²) < 4.78 is 5.96. The highest BCUT2D eigenvalue weighted by molar-refractivity contribution is 5.07. The third-order valence-corrected chi connectivity index (χ3v) is 4.12. The van der Waals surface area contributed by atoms with Gasteiger partial charge in [-0.1, -0.05) is 33.1 Å². The summed E-state index contributed by atoms with van der Waals surface area (Å²) in [6.45, 7) is 7.88. The zero-order valence-electron chi connectivity index (χ0n) is 13.6. The highest BCUT2D eigenvalue weighted by atomic mass is 16.5. The maximum atomic E-state index is 5.96. The molecule has 4 heteroatoms. The topological polar surface area (TPSA) is 47.0 Å². The lowest BCUT2D eigenvalue weighted by molar-refractivity contribution is -0.000231. The normalized spacial score (nSPS) is 18.1. The van der Waals surface area contributed by atoms with Gasteiger partial charge in [-0.15, -0.1) is 0 Å². The Morgan fingerprint density at radius 1 is 1.19 bits per heavy atom. The van der Waals surface area contributed by atoms with Crippen LogP contribution >= 0.6 is 0 Å². The number of nitrogens with one attached hydrogen (secondary N) is 1. The smallest absolute Gasteiger partial charge is 0.157 e. The molecule has 1 heterocycles. The average Bonchev–Trinajstić information content (AvgIpc) is 2.52. The molecule has 2 rings (SSSR count). The van der Waals surface area contributed by atoms with Crippen LogP contribution in [0.25, 0.3) is 0 Å². The van der Waals surface area contributed by atoms with E-state index in [2.05, 4.69) is 36.1 Å². The maximum absolute atomic E-state index is 5.96. The van der Waals surface area contributed by atoms with Crippen molar-refractivity contribution in [2.75, 3.05) is 6.61 Å². The number of rotatable bonds is 7. The lowest BCUT2D eigenvalue weighted by Gasteiger charge is -2.29. The first kappa shape index (κ1) is 16.4. The van der Waals surface area contributed by atoms with Gasteiger partial charge < -0.3 is 10.1 Å². The molecule has 0 radical (unpaired) electrons. The summed E-state index contributed by atoms with van der Waals surface area (Å²) in [6, 6.07) is 0.475. The van der Waals surface area contributed by atoms with E-state index in [9.17, 15) is 0 Å². The number of aromatic nitrogens is 2. The van der Waals surface area contributed by atoms with E-state index in [1.807, 2.05) is 12.4 Å². The van der Waals surface area contributed by atoms with E-state index in [0.29, 0.717) is 12.0 Å². The predicted molar refractivity (Wildman–Crippen MR) is 84.9 cm³/mol. The molecule has 1 unspecified atom stereocenters. The van der Waals surface area contributed by atoms with Gasteiger partial charge in [0.15, 0.2) is 5.82 Å². The van der Waals surface area contributed by atoms with Gasteiger partial charge in [0.2, 0.25) is 0 Å². The lowest BCUT2D eigenvalue weighted by Crippen LogP contribution is -2.23. The Bertz CT molecular complexity index is 399. The Hall–Kier alpha value is -1.00. The van der Waals surface area contributed by atoms with Gasteiger partial charge >= 0.3 is 0 Å². The van der Waals surface area contributed by atoms with Gasteiger partial charge in [0.05, 0.1) is 0 Å². The van der Waals surface area contributed by atoms with Crippen LogP contribution in [0, 0.1) is 5.92 Å². The molecule has 0 saturated heterocycles. The van der Waals surface area contributed by atoms with Crippen LogP contribution in [0.2, 0.25) is 0 Å². The minimum Gasteiger partial charge on any atom is -0.370 e. The highest BCUT2D eigenvalue weighted by Gasteiger charge is 2.27. The van der Waals surface area contributed by atoms with Crippen molar-refractivity contribution in [3.05, 3.63) is 23.8 Å². The molecule has 1 aliphatic carbocycles. The molecule has 1 aliphatic rings. The van der Waals surface area contributed by atoms with Gasteiger partial charge in [0, 0.05) is 37.2 Å². The Kier molecular flexibility index (Phi) is 6.58. The zero-order chi connectivity index (χ0) is 15.1. The van der Waals surface area contributed by atoms with Crippen LogP contribution in [0.4, 0.5) is 0 Å². The first-order valence-corrected chi connectivity index (χ1v) is 8.36. The van der Waals surface area contributed by atoms with Crippen LogP contribution in [0.15, 0.2) is 12.4 Å². The van der Waals surface area contributed by atoms with Crippen LogP contribution in [0.3, 0.4) is 0 Å². The zero-order valence-corrected chi connectivity index (χ0v) is 13.6. The van der Waals surface area contributed by atoms with E-state index in [-0.39, 0.29) is 6.10 Å². The molecule has 1 saturated carbocycles. The van der Waals surface area contributed by atoms with Gasteiger partial charge in [-0.05, 0) is 25.7 Å². The minimum atomic E-state index is 0.0717. The summed E-state index contributed by atoms with van der Waals surface area (Å²) in [5.74, 6) is 1.44. The summed E-state index contributed by atoms with van der Waals surface area (Å²) in [5, 5.41) is 3.39. The van der Waals surface area contributed by atoms with Crippen LogP contribution in [0.1, 0.15) is 70.4 Å². The van der Waals surface area contributed by atoms with Crippen LogP contribution in [-0.2, 0) is 11.3 Å². The van der Waals surface area contributed by atoms with E-state index in [1.165, 1.54) is 32.1 Å². The van der Waals surface area contributed by atoms with E-state index in [1.54, 1.807) is 0 Å². The summed E-state index contributed by atoms with van der Waals surface area (Å²) in [7, 11) is 0. The van der Waals surface area contributed by atoms with Crippen molar-refractivity contribution in [1.82, 2.24) is 15.3 Å². The molecular weight excluding hydrogens is 262 g/mol. The average molecular weight is 291 g/mol. The van der Waals surface area contributed by atoms with Crippen molar-refractivity contribution >= 4 is 0 Å². The molecule has 0 aliphatic heterocycles. The van der Waals surface area contributed by atoms with Crippen LogP contribution in [-0.4, -0.2) is 22.6 Å². The molecule has 1 atom stereocenters. The van der Waals surface area contributed by atoms with Crippen molar-refractivity contribution in [1.29, 1.82) is 0 Å². The van der Waals surface area contributed by atoms with Gasteiger partial charge in [-0.3, -0.25) is 0 Å². The van der Waals surface area contributed by atoms with Crippen molar-refractivity contribution < 1.29 is 4.74 Å². The number of ether oxygens (including phenoxy) is 1. The highest BCUT2D eigenvalue weighted by Crippen LogP contribution is 2.35. The molecule has 0 aromatic carbocycles. The Balaban J connectivity index is 2.02. The van der Waals surface area contributed by atoms with E-state index in [0.717, 1.165) is 24.5 Å². The molecule has 0 amide bonds. The van der Waals surface area contributed by atoms with Crippen LogP contribution < -0.4 is 5.32 Å². The van der Waals surface area contributed by atoms with Crippen molar-refractivity contribution in [3.63, 3.8) is 0 Å². The van der Waals surface area contributed by atoms with Crippen molar-refractivity contribution in [2.24, 2.45) is 5.92 Å². The molecular formula is C17H29N3O. The Labute approximate surface area is 128 Å². The fraction of sp³-hybridized carbons (Fsp3) is 0.765. The van der Waals surface area contributed by atoms with E-state index < -0.39 is 0 Å². The molecule has 1 fully saturated rings. The van der Waals surface area contributed by atoms with E-state index >= 15 is 0 Å². The quantitative estimate of drug-likeness (QED) is 0.833. The second-order valence-corrected chi connectivity index (χ2v) is 6.26. The first-order valence-electron chi connectivity index (χ1n) is 8.36. The third kappa shape index (κ3) is 5.04. The summed E-state index contributed by atoms with van der Waals surface area (Å²) in [5.41, 5.74) is 1.13. The largest absolute Gasteiger partial charge is 0.370 e. The standard InChI is InChI=1S/C17H29N3O/c1-4-21-16(15-8-6-5-7-9-15)17-19-11-14(12-20-17)10-18-13(2)3/h11-13,15-16,18H,4-10H2,1-3H3. The van der Waals surface area contributed by atoms with Gasteiger partial charge in [0.25, 0.3) is 0 Å². The van der Waals surface area contributed by atoms with Gasteiger partial charge in [-0.25, -0.2) is 9.97 Å². The molecule has 0 bridgehead atoms. The molecule has 0 spiro atoms.